The van der Waals surface area contributed by atoms with Crippen LogP contribution in [0.25, 0.3) is 0 Å². The summed E-state index contributed by atoms with van der Waals surface area (Å²) >= 11 is 9.47. The summed E-state index contributed by atoms with van der Waals surface area (Å²) in [7, 11) is 2.01. The van der Waals surface area contributed by atoms with Crippen molar-refractivity contribution in [3.05, 3.63) is 66.1 Å². The quantitative estimate of drug-likeness (QED) is 0.567. The van der Waals surface area contributed by atoms with Crippen LogP contribution in [0.15, 0.2) is 51.4 Å². The van der Waals surface area contributed by atoms with E-state index in [1.54, 1.807) is 0 Å². The first kappa shape index (κ1) is 15.5. The standard InChI is InChI=1S/C15H14Br2IN/c1-19-15(8-10-3-2-4-11(16)7-10)13-9-12(17)5-6-14(13)18/h2-7,9,15,19H,8H2,1H3. The zero-order valence-electron chi connectivity index (χ0n) is 10.5. The van der Waals surface area contributed by atoms with Crippen molar-refractivity contribution in [3.63, 3.8) is 0 Å². The van der Waals surface area contributed by atoms with E-state index in [9.17, 15) is 0 Å². The summed E-state index contributed by atoms with van der Waals surface area (Å²) in [6.45, 7) is 0. The first-order chi connectivity index (χ1) is 9.10. The van der Waals surface area contributed by atoms with Crippen molar-refractivity contribution in [1.82, 2.24) is 5.32 Å². The molecule has 2 aromatic carbocycles. The van der Waals surface area contributed by atoms with Gasteiger partial charge in [0.1, 0.15) is 0 Å². The second-order valence-corrected chi connectivity index (χ2v) is 7.33. The molecule has 0 radical (unpaired) electrons. The molecule has 100 valence electrons. The van der Waals surface area contributed by atoms with E-state index in [1.807, 2.05) is 7.05 Å². The first-order valence-corrected chi connectivity index (χ1v) is 8.63. The average Bonchev–Trinajstić information content (AvgIpc) is 2.39. The van der Waals surface area contributed by atoms with E-state index in [1.165, 1.54) is 14.7 Å². The summed E-state index contributed by atoms with van der Waals surface area (Å²) in [5, 5.41) is 3.41. The molecule has 1 atom stereocenters. The van der Waals surface area contributed by atoms with Crippen LogP contribution in [0.1, 0.15) is 17.2 Å². The predicted molar refractivity (Wildman–Crippen MR) is 96.5 cm³/mol. The van der Waals surface area contributed by atoms with Crippen LogP contribution in [0.5, 0.6) is 0 Å². The Bertz CT molecular complexity index is 572. The van der Waals surface area contributed by atoms with Gasteiger partial charge in [0.15, 0.2) is 0 Å². The maximum Gasteiger partial charge on any atom is 0.0369 e. The van der Waals surface area contributed by atoms with Crippen molar-refractivity contribution < 1.29 is 0 Å². The lowest BCUT2D eigenvalue weighted by Gasteiger charge is -2.19. The molecular formula is C15H14Br2IN. The predicted octanol–water partition coefficient (Wildman–Crippen LogP) is 5.32. The molecule has 0 heterocycles. The van der Waals surface area contributed by atoms with Crippen molar-refractivity contribution >= 4 is 54.5 Å². The lowest BCUT2D eigenvalue weighted by Crippen LogP contribution is -2.20. The molecule has 0 aliphatic rings. The molecule has 0 saturated heterocycles. The number of benzene rings is 2. The van der Waals surface area contributed by atoms with Crippen LogP contribution < -0.4 is 5.32 Å². The molecule has 0 aliphatic carbocycles. The van der Waals surface area contributed by atoms with Gasteiger partial charge < -0.3 is 5.32 Å². The second kappa shape index (κ2) is 7.20. The minimum atomic E-state index is 0.318. The summed E-state index contributed by atoms with van der Waals surface area (Å²) in [6.07, 6.45) is 0.975. The van der Waals surface area contributed by atoms with Gasteiger partial charge in [0, 0.05) is 18.6 Å². The van der Waals surface area contributed by atoms with Crippen LogP contribution in [0, 0.1) is 3.57 Å². The molecule has 0 fully saturated rings. The third kappa shape index (κ3) is 4.28. The van der Waals surface area contributed by atoms with Gasteiger partial charge in [-0.2, -0.15) is 0 Å². The Morgan fingerprint density at radius 3 is 2.53 bits per heavy atom. The Kier molecular flexibility index (Phi) is 5.87. The van der Waals surface area contributed by atoms with Crippen LogP contribution in [0.3, 0.4) is 0 Å². The Morgan fingerprint density at radius 2 is 1.84 bits per heavy atom. The molecule has 0 bridgehead atoms. The maximum atomic E-state index is 3.55. The largest absolute Gasteiger partial charge is 0.313 e. The fraction of sp³-hybridized carbons (Fsp3) is 0.200. The maximum absolute atomic E-state index is 3.55. The second-order valence-electron chi connectivity index (χ2n) is 4.34. The van der Waals surface area contributed by atoms with Crippen LogP contribution in [-0.4, -0.2) is 7.05 Å². The smallest absolute Gasteiger partial charge is 0.0369 e. The highest BCUT2D eigenvalue weighted by atomic mass is 127. The first-order valence-electron chi connectivity index (χ1n) is 5.97. The van der Waals surface area contributed by atoms with E-state index in [0.717, 1.165) is 15.4 Å². The lowest BCUT2D eigenvalue weighted by atomic mass is 9.99. The molecule has 0 aromatic heterocycles. The van der Waals surface area contributed by atoms with Crippen molar-refractivity contribution in [2.45, 2.75) is 12.5 Å². The number of hydrogen-bond donors (Lipinski definition) is 1. The monoisotopic (exact) mass is 493 g/mol. The molecule has 0 spiro atoms. The molecule has 4 heteroatoms. The van der Waals surface area contributed by atoms with E-state index in [0.29, 0.717) is 6.04 Å². The Balaban J connectivity index is 2.27. The number of rotatable bonds is 4. The topological polar surface area (TPSA) is 12.0 Å². The van der Waals surface area contributed by atoms with Crippen LogP contribution in [-0.2, 0) is 6.42 Å². The average molecular weight is 495 g/mol. The van der Waals surface area contributed by atoms with Crippen molar-refractivity contribution in [2.24, 2.45) is 0 Å². The molecule has 1 unspecified atom stereocenters. The van der Waals surface area contributed by atoms with Crippen LogP contribution in [0.4, 0.5) is 0 Å². The van der Waals surface area contributed by atoms with Gasteiger partial charge in [-0.15, -0.1) is 0 Å². The third-order valence-corrected chi connectivity index (χ3v) is 4.98. The summed E-state index contributed by atoms with van der Waals surface area (Å²) < 4.78 is 3.54. The Labute approximate surface area is 144 Å². The summed E-state index contributed by atoms with van der Waals surface area (Å²) in [6, 6.07) is 15.2. The molecule has 0 saturated carbocycles. The summed E-state index contributed by atoms with van der Waals surface area (Å²) in [5.41, 5.74) is 2.65. The summed E-state index contributed by atoms with van der Waals surface area (Å²) in [5.74, 6) is 0. The zero-order chi connectivity index (χ0) is 13.8. The van der Waals surface area contributed by atoms with Gasteiger partial charge in [-0.1, -0.05) is 44.0 Å². The summed E-state index contributed by atoms with van der Waals surface area (Å²) in [4.78, 5) is 0. The van der Waals surface area contributed by atoms with Gasteiger partial charge in [0.05, 0.1) is 0 Å². The molecule has 0 aliphatic heterocycles. The van der Waals surface area contributed by atoms with Gasteiger partial charge in [0.25, 0.3) is 0 Å². The third-order valence-electron chi connectivity index (χ3n) is 3.01. The van der Waals surface area contributed by atoms with Crippen molar-refractivity contribution in [3.8, 4) is 0 Å². The van der Waals surface area contributed by atoms with E-state index in [-0.39, 0.29) is 0 Å². The van der Waals surface area contributed by atoms with E-state index < -0.39 is 0 Å². The number of hydrogen-bond acceptors (Lipinski definition) is 1. The van der Waals surface area contributed by atoms with E-state index in [4.69, 9.17) is 0 Å². The minimum absolute atomic E-state index is 0.318. The SMILES string of the molecule is CNC(Cc1cccc(Br)c1)c1cc(Br)ccc1I. The number of halogens is 3. The Morgan fingerprint density at radius 1 is 1.11 bits per heavy atom. The van der Waals surface area contributed by atoms with Gasteiger partial charge in [-0.05, 0) is 77.5 Å². The number of nitrogens with one attached hydrogen (secondary N) is 1. The van der Waals surface area contributed by atoms with Crippen LogP contribution in [0.2, 0.25) is 0 Å². The molecule has 19 heavy (non-hydrogen) atoms. The lowest BCUT2D eigenvalue weighted by molar-refractivity contribution is 0.589. The molecule has 2 aromatic rings. The van der Waals surface area contributed by atoms with Crippen LogP contribution >= 0.6 is 54.5 Å². The van der Waals surface area contributed by atoms with Gasteiger partial charge in [0.2, 0.25) is 0 Å². The fourth-order valence-electron chi connectivity index (χ4n) is 2.05. The van der Waals surface area contributed by atoms with E-state index in [2.05, 4.69) is 102 Å². The molecular weight excluding hydrogens is 481 g/mol. The highest BCUT2D eigenvalue weighted by Gasteiger charge is 2.13. The normalized spacial score (nSPS) is 12.4. The molecule has 2 rings (SSSR count). The molecule has 0 amide bonds. The highest BCUT2D eigenvalue weighted by molar-refractivity contribution is 14.1. The van der Waals surface area contributed by atoms with Gasteiger partial charge in [-0.25, -0.2) is 0 Å². The minimum Gasteiger partial charge on any atom is -0.313 e. The van der Waals surface area contributed by atoms with Gasteiger partial charge >= 0.3 is 0 Å². The highest BCUT2D eigenvalue weighted by Crippen LogP contribution is 2.27. The number of likely N-dealkylation sites (N-methyl/N-ethyl adjacent to an activating group) is 1. The Hall–Kier alpha value is 0.0900. The molecule has 1 nitrogen and oxygen atoms in total. The van der Waals surface area contributed by atoms with Gasteiger partial charge in [-0.3, -0.25) is 0 Å². The molecule has 1 N–H and O–H groups in total. The van der Waals surface area contributed by atoms with Crippen molar-refractivity contribution in [1.29, 1.82) is 0 Å². The van der Waals surface area contributed by atoms with Crippen molar-refractivity contribution in [2.75, 3.05) is 7.05 Å². The zero-order valence-corrected chi connectivity index (χ0v) is 15.8. The van der Waals surface area contributed by atoms with E-state index >= 15 is 0 Å². The fourth-order valence-corrected chi connectivity index (χ4v) is 3.59.